The van der Waals surface area contributed by atoms with Gasteiger partial charge in [0.15, 0.2) is 0 Å². The summed E-state index contributed by atoms with van der Waals surface area (Å²) in [7, 11) is -3.30. The summed E-state index contributed by atoms with van der Waals surface area (Å²) in [5.41, 5.74) is 6.00. The van der Waals surface area contributed by atoms with Crippen molar-refractivity contribution in [1.29, 1.82) is 0 Å². The summed E-state index contributed by atoms with van der Waals surface area (Å²) in [6, 6.07) is 13.3. The molecule has 0 bridgehead atoms. The average molecular weight is 278 g/mol. The van der Waals surface area contributed by atoms with E-state index in [1.54, 1.807) is 6.07 Å². The lowest BCUT2D eigenvalue weighted by Crippen LogP contribution is -2.17. The summed E-state index contributed by atoms with van der Waals surface area (Å²) in [4.78, 5) is 0. The third-order valence-corrected chi connectivity index (χ3v) is 4.28. The summed E-state index contributed by atoms with van der Waals surface area (Å²) < 4.78 is 26.6. The molecule has 0 aliphatic carbocycles. The van der Waals surface area contributed by atoms with Crippen molar-refractivity contribution in [3.05, 3.63) is 42.5 Å². The number of benzene rings is 2. The second-order valence-electron chi connectivity index (χ2n) is 4.44. The minimum absolute atomic E-state index is 0.105. The molecule has 102 valence electrons. The van der Waals surface area contributed by atoms with Crippen LogP contribution < -0.4 is 10.5 Å². The number of nitrogens with one attached hydrogen (secondary N) is 1. The van der Waals surface area contributed by atoms with Crippen LogP contribution in [0.5, 0.6) is 0 Å². The molecule has 0 saturated heterocycles. The Morgan fingerprint density at radius 3 is 2.53 bits per heavy atom. The lowest BCUT2D eigenvalue weighted by atomic mass is 10.1. The standard InChI is InChI=1S/C14H18N2O2S/c15-10-3-4-11-19(17,18)16-14-9-5-7-12-6-1-2-8-13(12)14/h1-2,5-9,16H,3-4,10-11,15H2. The molecule has 19 heavy (non-hydrogen) atoms. The molecular weight excluding hydrogens is 260 g/mol. The molecule has 4 nitrogen and oxygen atoms in total. The quantitative estimate of drug-likeness (QED) is 0.796. The molecule has 0 unspecified atom stereocenters. The predicted octanol–water partition coefficient (Wildman–Crippen LogP) is 2.32. The van der Waals surface area contributed by atoms with Crippen molar-refractivity contribution >= 4 is 26.5 Å². The highest BCUT2D eigenvalue weighted by atomic mass is 32.2. The summed E-state index contributed by atoms with van der Waals surface area (Å²) in [5, 5.41) is 1.93. The largest absolute Gasteiger partial charge is 0.330 e. The molecule has 2 aromatic rings. The lowest BCUT2D eigenvalue weighted by molar-refractivity contribution is 0.597. The van der Waals surface area contributed by atoms with Crippen LogP contribution in [0.25, 0.3) is 10.8 Å². The van der Waals surface area contributed by atoms with Crippen LogP contribution >= 0.6 is 0 Å². The van der Waals surface area contributed by atoms with E-state index in [1.165, 1.54) is 0 Å². The Labute approximate surface area is 113 Å². The van der Waals surface area contributed by atoms with E-state index in [0.29, 0.717) is 18.7 Å². The SMILES string of the molecule is NCCCCS(=O)(=O)Nc1cccc2ccccc12. The molecule has 0 amide bonds. The Hall–Kier alpha value is -1.59. The fraction of sp³-hybridized carbons (Fsp3) is 0.286. The third kappa shape index (κ3) is 3.68. The molecule has 3 N–H and O–H groups in total. The highest BCUT2D eigenvalue weighted by molar-refractivity contribution is 7.92. The van der Waals surface area contributed by atoms with E-state index in [0.717, 1.165) is 17.2 Å². The van der Waals surface area contributed by atoms with Crippen molar-refractivity contribution in [2.45, 2.75) is 12.8 Å². The van der Waals surface area contributed by atoms with E-state index >= 15 is 0 Å². The van der Waals surface area contributed by atoms with Crippen LogP contribution in [0.2, 0.25) is 0 Å². The summed E-state index contributed by atoms with van der Waals surface area (Å²) in [6.45, 7) is 0.518. The third-order valence-electron chi connectivity index (χ3n) is 2.92. The van der Waals surface area contributed by atoms with Gasteiger partial charge in [0.2, 0.25) is 10.0 Å². The molecule has 0 heterocycles. The summed E-state index contributed by atoms with van der Waals surface area (Å²) in [6.07, 6.45) is 1.30. The maximum Gasteiger partial charge on any atom is 0.232 e. The summed E-state index contributed by atoms with van der Waals surface area (Å²) in [5.74, 6) is 0.105. The second kappa shape index (κ2) is 6.04. The number of hydrogen-bond acceptors (Lipinski definition) is 3. The monoisotopic (exact) mass is 278 g/mol. The van der Waals surface area contributed by atoms with Gasteiger partial charge in [-0.2, -0.15) is 0 Å². The number of fused-ring (bicyclic) bond motifs is 1. The van der Waals surface area contributed by atoms with Crippen LogP contribution in [0.3, 0.4) is 0 Å². The van der Waals surface area contributed by atoms with Crippen LogP contribution in [0, 0.1) is 0 Å². The molecule has 0 saturated carbocycles. The first-order chi connectivity index (χ1) is 9.12. The second-order valence-corrected chi connectivity index (χ2v) is 6.29. The number of nitrogens with two attached hydrogens (primary N) is 1. The first-order valence-electron chi connectivity index (χ1n) is 6.31. The van der Waals surface area contributed by atoms with Gasteiger partial charge < -0.3 is 5.73 Å². The fourth-order valence-corrected chi connectivity index (χ4v) is 3.17. The van der Waals surface area contributed by atoms with Crippen LogP contribution in [-0.2, 0) is 10.0 Å². The van der Waals surface area contributed by atoms with Crippen molar-refractivity contribution in [2.24, 2.45) is 5.73 Å². The van der Waals surface area contributed by atoms with Gasteiger partial charge in [-0.1, -0.05) is 36.4 Å². The first-order valence-corrected chi connectivity index (χ1v) is 7.96. The maximum absolute atomic E-state index is 12.0. The number of unbranched alkanes of at least 4 members (excludes halogenated alkanes) is 1. The molecule has 0 spiro atoms. The van der Waals surface area contributed by atoms with Gasteiger partial charge in [-0.3, -0.25) is 4.72 Å². The molecule has 5 heteroatoms. The first kappa shape index (κ1) is 13.8. The number of anilines is 1. The Morgan fingerprint density at radius 1 is 1.00 bits per heavy atom. The highest BCUT2D eigenvalue weighted by Gasteiger charge is 2.11. The van der Waals surface area contributed by atoms with Crippen LogP contribution in [0.1, 0.15) is 12.8 Å². The van der Waals surface area contributed by atoms with Crippen LogP contribution in [-0.4, -0.2) is 20.7 Å². The lowest BCUT2D eigenvalue weighted by Gasteiger charge is -2.10. The zero-order valence-electron chi connectivity index (χ0n) is 10.7. The Bertz CT molecular complexity index is 648. The predicted molar refractivity (Wildman–Crippen MR) is 79.6 cm³/mol. The number of sulfonamides is 1. The molecule has 0 aliphatic rings. The van der Waals surface area contributed by atoms with Crippen molar-refractivity contribution in [3.8, 4) is 0 Å². The minimum atomic E-state index is -3.30. The molecule has 2 aromatic carbocycles. The fourth-order valence-electron chi connectivity index (χ4n) is 1.97. The van der Waals surface area contributed by atoms with Gasteiger partial charge in [-0.05, 0) is 30.8 Å². The molecular formula is C14H18N2O2S. The van der Waals surface area contributed by atoms with E-state index in [1.807, 2.05) is 36.4 Å². The number of rotatable bonds is 6. The van der Waals surface area contributed by atoms with E-state index in [-0.39, 0.29) is 5.75 Å². The molecule has 2 rings (SSSR count). The van der Waals surface area contributed by atoms with Gasteiger partial charge in [-0.25, -0.2) is 8.42 Å². The van der Waals surface area contributed by atoms with Gasteiger partial charge in [0.05, 0.1) is 11.4 Å². The molecule has 0 fully saturated rings. The van der Waals surface area contributed by atoms with Crippen molar-refractivity contribution in [2.75, 3.05) is 17.0 Å². The maximum atomic E-state index is 12.0. The number of hydrogen-bond donors (Lipinski definition) is 2. The van der Waals surface area contributed by atoms with Crippen LogP contribution in [0.15, 0.2) is 42.5 Å². The Kier molecular flexibility index (Phi) is 4.39. The van der Waals surface area contributed by atoms with Gasteiger partial charge in [-0.15, -0.1) is 0 Å². The Morgan fingerprint density at radius 2 is 1.74 bits per heavy atom. The van der Waals surface area contributed by atoms with E-state index in [4.69, 9.17) is 5.73 Å². The van der Waals surface area contributed by atoms with Gasteiger partial charge in [0.25, 0.3) is 0 Å². The molecule has 0 aromatic heterocycles. The Balaban J connectivity index is 2.21. The molecule has 0 atom stereocenters. The zero-order chi connectivity index (χ0) is 13.7. The average Bonchev–Trinajstić information content (AvgIpc) is 2.39. The normalized spacial score (nSPS) is 11.6. The zero-order valence-corrected chi connectivity index (χ0v) is 11.5. The smallest absolute Gasteiger partial charge is 0.232 e. The van der Waals surface area contributed by atoms with E-state index < -0.39 is 10.0 Å². The van der Waals surface area contributed by atoms with E-state index in [2.05, 4.69) is 4.72 Å². The van der Waals surface area contributed by atoms with Crippen molar-refractivity contribution in [3.63, 3.8) is 0 Å². The van der Waals surface area contributed by atoms with E-state index in [9.17, 15) is 8.42 Å². The van der Waals surface area contributed by atoms with Gasteiger partial charge >= 0.3 is 0 Å². The van der Waals surface area contributed by atoms with Crippen molar-refractivity contribution < 1.29 is 8.42 Å². The van der Waals surface area contributed by atoms with Crippen molar-refractivity contribution in [1.82, 2.24) is 0 Å². The molecule has 0 radical (unpaired) electrons. The molecule has 0 aliphatic heterocycles. The van der Waals surface area contributed by atoms with Gasteiger partial charge in [0, 0.05) is 5.39 Å². The summed E-state index contributed by atoms with van der Waals surface area (Å²) >= 11 is 0. The van der Waals surface area contributed by atoms with Crippen LogP contribution in [0.4, 0.5) is 5.69 Å². The highest BCUT2D eigenvalue weighted by Crippen LogP contribution is 2.23. The minimum Gasteiger partial charge on any atom is -0.330 e. The van der Waals surface area contributed by atoms with Gasteiger partial charge in [0.1, 0.15) is 0 Å². The topological polar surface area (TPSA) is 72.2 Å².